The average molecular weight is 323 g/mol. The van der Waals surface area contributed by atoms with Crippen LogP contribution >= 0.6 is 0 Å². The second-order valence-electron chi connectivity index (χ2n) is 5.56. The molecule has 0 spiro atoms. The summed E-state index contributed by atoms with van der Waals surface area (Å²) in [6, 6.07) is 0. The highest BCUT2D eigenvalue weighted by Crippen LogP contribution is 2.32. The smallest absolute Gasteiger partial charge is 0.167 e. The normalized spacial score (nSPS) is 27.8. The van der Waals surface area contributed by atoms with Crippen LogP contribution in [0.5, 0.6) is 0 Å². The van der Waals surface area contributed by atoms with E-state index < -0.39 is 24.5 Å². The molecule has 1 aliphatic rings. The Morgan fingerprint density at radius 1 is 1.30 bits per heavy atom. The van der Waals surface area contributed by atoms with E-state index in [9.17, 15) is 10.2 Å². The molecule has 1 saturated heterocycles. The summed E-state index contributed by atoms with van der Waals surface area (Å²) in [5, 5.41) is 20.4. The zero-order valence-corrected chi connectivity index (χ0v) is 12.9. The number of nitrogen functional groups attached to an aromatic ring is 1. The maximum atomic E-state index is 10.3. The Hall–Kier alpha value is -1.81. The molecule has 9 heteroatoms. The molecule has 4 N–H and O–H groups in total. The first kappa shape index (κ1) is 16.1. The van der Waals surface area contributed by atoms with Crippen LogP contribution in [0.25, 0.3) is 11.2 Å². The number of nitrogens with zero attached hydrogens (tertiary/aromatic N) is 4. The van der Waals surface area contributed by atoms with Gasteiger partial charge >= 0.3 is 0 Å². The first-order valence-corrected chi connectivity index (χ1v) is 7.65. The van der Waals surface area contributed by atoms with Gasteiger partial charge in [0.05, 0.1) is 12.9 Å². The van der Waals surface area contributed by atoms with Crippen LogP contribution in [0.2, 0.25) is 0 Å². The molecule has 0 aliphatic carbocycles. The molecule has 4 atom stereocenters. The number of aliphatic hydroxyl groups excluding tert-OH is 2. The highest BCUT2D eigenvalue weighted by molar-refractivity contribution is 5.81. The molecule has 23 heavy (non-hydrogen) atoms. The highest BCUT2D eigenvalue weighted by atomic mass is 16.6. The number of hydrogen-bond acceptors (Lipinski definition) is 8. The van der Waals surface area contributed by atoms with Crippen molar-refractivity contribution in [2.75, 3.05) is 18.9 Å². The number of ether oxygens (including phenoxy) is 2. The van der Waals surface area contributed by atoms with E-state index in [-0.39, 0.29) is 12.4 Å². The van der Waals surface area contributed by atoms with Gasteiger partial charge in [0.25, 0.3) is 0 Å². The quantitative estimate of drug-likeness (QED) is 0.626. The van der Waals surface area contributed by atoms with Gasteiger partial charge in [0.1, 0.15) is 30.2 Å². The predicted octanol–water partition coefficient (Wildman–Crippen LogP) is -0.156. The van der Waals surface area contributed by atoms with Crippen molar-refractivity contribution >= 4 is 17.0 Å². The van der Waals surface area contributed by atoms with E-state index in [1.165, 1.54) is 12.7 Å². The van der Waals surface area contributed by atoms with Crippen LogP contribution < -0.4 is 5.73 Å². The summed E-state index contributed by atoms with van der Waals surface area (Å²) in [5.74, 6) is 0.251. The Bertz CT molecular complexity index is 664. The predicted molar refractivity (Wildman–Crippen MR) is 81.4 cm³/mol. The van der Waals surface area contributed by atoms with Gasteiger partial charge in [-0.1, -0.05) is 13.3 Å². The maximum Gasteiger partial charge on any atom is 0.167 e. The van der Waals surface area contributed by atoms with Crippen molar-refractivity contribution in [3.8, 4) is 0 Å². The molecule has 0 bridgehead atoms. The summed E-state index contributed by atoms with van der Waals surface area (Å²) in [6.07, 6.45) is 1.20. The number of aliphatic hydroxyl groups is 2. The minimum absolute atomic E-state index is 0.221. The molecular weight excluding hydrogens is 302 g/mol. The van der Waals surface area contributed by atoms with Crippen molar-refractivity contribution < 1.29 is 19.7 Å². The van der Waals surface area contributed by atoms with Crippen LogP contribution in [0.15, 0.2) is 12.7 Å². The van der Waals surface area contributed by atoms with Gasteiger partial charge in [-0.25, -0.2) is 15.0 Å². The van der Waals surface area contributed by atoms with Gasteiger partial charge in [-0.15, -0.1) is 0 Å². The fraction of sp³-hybridized carbons (Fsp3) is 0.643. The Morgan fingerprint density at radius 2 is 2.13 bits per heavy atom. The van der Waals surface area contributed by atoms with Crippen LogP contribution in [0.4, 0.5) is 5.82 Å². The SMILES string of the molecule is CCCCOC[C@H]1O[C@@H](n2cnc3c(N)ncnc32)[C@H](O)[C@@H]1O. The lowest BCUT2D eigenvalue weighted by molar-refractivity contribution is -0.0656. The molecule has 9 nitrogen and oxygen atoms in total. The van der Waals surface area contributed by atoms with Crippen molar-refractivity contribution in [1.82, 2.24) is 19.5 Å². The van der Waals surface area contributed by atoms with E-state index in [4.69, 9.17) is 15.2 Å². The van der Waals surface area contributed by atoms with E-state index >= 15 is 0 Å². The molecule has 1 fully saturated rings. The number of rotatable bonds is 6. The van der Waals surface area contributed by atoms with E-state index in [2.05, 4.69) is 21.9 Å². The van der Waals surface area contributed by atoms with Crippen LogP contribution in [-0.4, -0.2) is 61.3 Å². The second-order valence-corrected chi connectivity index (χ2v) is 5.56. The topological polar surface area (TPSA) is 129 Å². The van der Waals surface area contributed by atoms with Crippen LogP contribution in [0.3, 0.4) is 0 Å². The Morgan fingerprint density at radius 3 is 2.91 bits per heavy atom. The van der Waals surface area contributed by atoms with Gasteiger partial charge in [0.15, 0.2) is 17.7 Å². The average Bonchev–Trinajstić information content (AvgIpc) is 3.09. The first-order valence-electron chi connectivity index (χ1n) is 7.65. The molecule has 0 aromatic carbocycles. The number of imidazole rings is 1. The number of unbranched alkanes of at least 4 members (excludes halogenated alkanes) is 1. The zero-order chi connectivity index (χ0) is 16.4. The van der Waals surface area contributed by atoms with Gasteiger partial charge in [-0.3, -0.25) is 4.57 Å². The number of hydrogen-bond donors (Lipinski definition) is 3. The van der Waals surface area contributed by atoms with Gasteiger partial charge in [0, 0.05) is 6.61 Å². The van der Waals surface area contributed by atoms with Crippen molar-refractivity contribution in [3.05, 3.63) is 12.7 Å². The lowest BCUT2D eigenvalue weighted by Crippen LogP contribution is -2.33. The minimum atomic E-state index is -1.11. The molecule has 0 radical (unpaired) electrons. The molecule has 0 amide bonds. The first-order chi connectivity index (χ1) is 11.1. The van der Waals surface area contributed by atoms with E-state index in [0.717, 1.165) is 12.8 Å². The molecule has 0 unspecified atom stereocenters. The van der Waals surface area contributed by atoms with E-state index in [0.29, 0.717) is 17.8 Å². The zero-order valence-electron chi connectivity index (χ0n) is 12.9. The van der Waals surface area contributed by atoms with Crippen LogP contribution in [-0.2, 0) is 9.47 Å². The maximum absolute atomic E-state index is 10.3. The summed E-state index contributed by atoms with van der Waals surface area (Å²) in [4.78, 5) is 12.1. The van der Waals surface area contributed by atoms with Gasteiger partial charge in [-0.2, -0.15) is 0 Å². The molecular formula is C14H21N5O4. The van der Waals surface area contributed by atoms with Gasteiger partial charge in [0.2, 0.25) is 0 Å². The van der Waals surface area contributed by atoms with Gasteiger partial charge < -0.3 is 25.4 Å². The molecule has 2 aromatic heterocycles. The molecule has 126 valence electrons. The van der Waals surface area contributed by atoms with E-state index in [1.54, 1.807) is 4.57 Å². The number of aromatic nitrogens is 4. The third kappa shape index (κ3) is 3.00. The molecule has 1 aliphatic heterocycles. The van der Waals surface area contributed by atoms with Crippen LogP contribution in [0, 0.1) is 0 Å². The summed E-state index contributed by atoms with van der Waals surface area (Å²) in [6.45, 7) is 2.89. The largest absolute Gasteiger partial charge is 0.387 e. The third-order valence-electron chi connectivity index (χ3n) is 3.92. The fourth-order valence-electron chi connectivity index (χ4n) is 2.60. The summed E-state index contributed by atoms with van der Waals surface area (Å²) in [5.41, 5.74) is 6.63. The van der Waals surface area contributed by atoms with Crippen molar-refractivity contribution in [3.63, 3.8) is 0 Å². The molecule has 3 rings (SSSR count). The molecule has 0 saturated carbocycles. The van der Waals surface area contributed by atoms with Crippen molar-refractivity contribution in [1.29, 1.82) is 0 Å². The minimum Gasteiger partial charge on any atom is -0.387 e. The Kier molecular flexibility index (Phi) is 4.71. The summed E-state index contributed by atoms with van der Waals surface area (Å²) >= 11 is 0. The number of nitrogens with two attached hydrogens (primary N) is 1. The van der Waals surface area contributed by atoms with Crippen molar-refractivity contribution in [2.24, 2.45) is 0 Å². The molecule has 2 aromatic rings. The highest BCUT2D eigenvalue weighted by Gasteiger charge is 2.44. The standard InChI is InChI=1S/C14H21N5O4/c1-2-3-4-22-5-8-10(20)11(21)14(23-8)19-7-18-9-12(15)16-6-17-13(9)19/h6-8,10-11,14,20-21H,2-5H2,1H3,(H2,15,16,17)/t8-,10-,11-,14-/m1/s1. The number of fused-ring (bicyclic) bond motifs is 1. The Balaban J connectivity index is 1.76. The summed E-state index contributed by atoms with van der Waals surface area (Å²) < 4.78 is 12.8. The van der Waals surface area contributed by atoms with E-state index in [1.807, 2.05) is 0 Å². The lowest BCUT2D eigenvalue weighted by atomic mass is 10.1. The molecule has 3 heterocycles. The second kappa shape index (κ2) is 6.75. The lowest BCUT2D eigenvalue weighted by Gasteiger charge is -2.16. The third-order valence-corrected chi connectivity index (χ3v) is 3.92. The summed E-state index contributed by atoms with van der Waals surface area (Å²) in [7, 11) is 0. The number of anilines is 1. The van der Waals surface area contributed by atoms with Gasteiger partial charge in [-0.05, 0) is 6.42 Å². The van der Waals surface area contributed by atoms with Crippen molar-refractivity contribution in [2.45, 2.75) is 44.3 Å². The monoisotopic (exact) mass is 323 g/mol. The fourth-order valence-corrected chi connectivity index (χ4v) is 2.60. The Labute approximate surface area is 133 Å². The van der Waals surface area contributed by atoms with Crippen LogP contribution in [0.1, 0.15) is 26.0 Å².